The van der Waals surface area contributed by atoms with Gasteiger partial charge in [-0.2, -0.15) is 5.09 Å². The zero-order valence-corrected chi connectivity index (χ0v) is 17.3. The largest absolute Gasteiger partial charge is 0.513 e. The Balaban J connectivity index is 2.52. The Morgan fingerprint density at radius 3 is 1.72 bits per heavy atom. The van der Waals surface area contributed by atoms with E-state index in [1.165, 1.54) is 36.4 Å². The summed E-state index contributed by atoms with van der Waals surface area (Å²) in [5.74, 6) is -0.520. The second-order valence-electron chi connectivity index (χ2n) is 6.58. The maximum Gasteiger partial charge on any atom is 0.513 e. The molecule has 0 aliphatic heterocycles. The number of hydrogen-bond donors (Lipinski definition) is 1. The number of nitro groups is 2. The van der Waals surface area contributed by atoms with Crippen LogP contribution in [-0.2, 0) is 4.57 Å². The predicted octanol–water partition coefficient (Wildman–Crippen LogP) is 5.07. The van der Waals surface area contributed by atoms with E-state index in [1.54, 1.807) is 20.8 Å². The van der Waals surface area contributed by atoms with Crippen molar-refractivity contribution in [1.82, 2.24) is 5.09 Å². The predicted molar refractivity (Wildman–Crippen MR) is 107 cm³/mol. The average molecular weight is 423 g/mol. The normalized spacial score (nSPS) is 12.3. The summed E-state index contributed by atoms with van der Waals surface area (Å²) in [5, 5.41) is 25.3. The fourth-order valence-electron chi connectivity index (χ4n) is 2.38. The molecular weight excluding hydrogens is 401 g/mol. The molecule has 0 heterocycles. The average Bonchev–Trinajstić information content (AvgIpc) is 2.60. The monoisotopic (exact) mass is 423 g/mol. The minimum atomic E-state index is -4.27. The number of benzene rings is 2. The number of nitro benzene ring substituents is 2. The van der Waals surface area contributed by atoms with Crippen LogP contribution in [-0.4, -0.2) is 15.9 Å². The highest BCUT2D eigenvalue weighted by atomic mass is 31.2. The Morgan fingerprint density at radius 2 is 1.38 bits per heavy atom. The summed E-state index contributed by atoms with van der Waals surface area (Å²) in [6.45, 7) is 6.92. The molecule has 2 rings (SSSR count). The first-order chi connectivity index (χ1) is 13.5. The highest BCUT2D eigenvalue weighted by Gasteiger charge is 2.35. The summed E-state index contributed by atoms with van der Waals surface area (Å²) in [6.07, 6.45) is 0.544. The number of nitrogens with one attached hydrogen (secondary N) is 1. The molecule has 29 heavy (non-hydrogen) atoms. The van der Waals surface area contributed by atoms with Crippen LogP contribution < -0.4 is 14.1 Å². The van der Waals surface area contributed by atoms with E-state index in [9.17, 15) is 24.8 Å². The molecule has 156 valence electrons. The van der Waals surface area contributed by atoms with Crippen LogP contribution in [0.3, 0.4) is 0 Å². The lowest BCUT2D eigenvalue weighted by Gasteiger charge is -2.23. The fourth-order valence-corrected chi connectivity index (χ4v) is 4.06. The molecule has 0 fully saturated rings. The van der Waals surface area contributed by atoms with Crippen molar-refractivity contribution in [1.29, 1.82) is 0 Å². The smallest absolute Gasteiger partial charge is 0.397 e. The molecule has 0 saturated carbocycles. The molecule has 0 amide bonds. The van der Waals surface area contributed by atoms with Crippen molar-refractivity contribution in [3.05, 3.63) is 67.8 Å². The fraction of sp³-hybridized carbons (Fsp3) is 0.333. The molecule has 2 aromatic carbocycles. The lowest BCUT2D eigenvalue weighted by atomic mass is 10.2. The highest BCUT2D eigenvalue weighted by molar-refractivity contribution is 7.52. The maximum atomic E-state index is 13.5. The topological polar surface area (TPSA) is 134 Å². The van der Waals surface area contributed by atoms with E-state index in [4.69, 9.17) is 9.05 Å². The number of aryl methyl sites for hydroxylation is 2. The standard InChI is InChI=1S/C18H22N3O7P/c1-5-14(4)19-29(26,27-17-10-12(2)6-8-15(17)20(22)23)28-18-11-13(3)7-9-16(18)21(24)25/h6-11,14H,5H2,1-4H3,(H,19,26). The van der Waals surface area contributed by atoms with Crippen molar-refractivity contribution in [2.24, 2.45) is 0 Å². The summed E-state index contributed by atoms with van der Waals surface area (Å²) in [5.41, 5.74) is 0.484. The van der Waals surface area contributed by atoms with Crippen molar-refractivity contribution in [3.63, 3.8) is 0 Å². The molecule has 0 spiro atoms. The Hall–Kier alpha value is -2.97. The summed E-state index contributed by atoms with van der Waals surface area (Å²) < 4.78 is 24.5. The second kappa shape index (κ2) is 9.02. The van der Waals surface area contributed by atoms with Gasteiger partial charge < -0.3 is 9.05 Å². The lowest BCUT2D eigenvalue weighted by Crippen LogP contribution is -2.27. The van der Waals surface area contributed by atoms with Gasteiger partial charge in [0.1, 0.15) is 0 Å². The van der Waals surface area contributed by atoms with Crippen molar-refractivity contribution >= 4 is 19.1 Å². The molecule has 0 bridgehead atoms. The molecule has 0 aliphatic carbocycles. The third kappa shape index (κ3) is 5.75. The Morgan fingerprint density at radius 1 is 0.966 bits per heavy atom. The van der Waals surface area contributed by atoms with Crippen LogP contribution in [0.15, 0.2) is 36.4 Å². The van der Waals surface area contributed by atoms with E-state index in [0.717, 1.165) is 0 Å². The molecule has 0 saturated heterocycles. The number of rotatable bonds is 9. The molecule has 1 N–H and O–H groups in total. The van der Waals surface area contributed by atoms with Gasteiger partial charge >= 0.3 is 19.1 Å². The highest BCUT2D eigenvalue weighted by Crippen LogP contribution is 2.49. The van der Waals surface area contributed by atoms with E-state index < -0.39 is 29.0 Å². The minimum Gasteiger partial charge on any atom is -0.397 e. The molecule has 10 nitrogen and oxygen atoms in total. The van der Waals surface area contributed by atoms with Crippen LogP contribution in [0.1, 0.15) is 31.4 Å². The lowest BCUT2D eigenvalue weighted by molar-refractivity contribution is -0.385. The molecule has 11 heteroatoms. The van der Waals surface area contributed by atoms with Crippen LogP contribution in [0, 0.1) is 34.1 Å². The van der Waals surface area contributed by atoms with Gasteiger partial charge in [-0.3, -0.25) is 20.2 Å². The Labute approximate surface area is 167 Å². The van der Waals surface area contributed by atoms with Crippen molar-refractivity contribution < 1.29 is 23.5 Å². The summed E-state index contributed by atoms with van der Waals surface area (Å²) in [4.78, 5) is 21.3. The maximum absolute atomic E-state index is 13.5. The third-order valence-electron chi connectivity index (χ3n) is 4.05. The molecule has 1 unspecified atom stereocenters. The van der Waals surface area contributed by atoms with Crippen LogP contribution in [0.4, 0.5) is 11.4 Å². The van der Waals surface area contributed by atoms with E-state index in [1.807, 2.05) is 6.92 Å². The molecule has 2 aromatic rings. The van der Waals surface area contributed by atoms with Crippen LogP contribution in [0.5, 0.6) is 11.5 Å². The van der Waals surface area contributed by atoms with Gasteiger partial charge in [-0.25, -0.2) is 4.57 Å². The van der Waals surface area contributed by atoms with E-state index in [0.29, 0.717) is 17.5 Å². The first-order valence-corrected chi connectivity index (χ1v) is 10.4. The van der Waals surface area contributed by atoms with Crippen LogP contribution in [0.25, 0.3) is 0 Å². The van der Waals surface area contributed by atoms with Gasteiger partial charge in [-0.1, -0.05) is 19.1 Å². The zero-order valence-electron chi connectivity index (χ0n) is 16.4. The summed E-state index contributed by atoms with van der Waals surface area (Å²) in [6, 6.07) is 7.86. The molecule has 0 aromatic heterocycles. The summed E-state index contributed by atoms with van der Waals surface area (Å²) >= 11 is 0. The van der Waals surface area contributed by atoms with Gasteiger partial charge in [0.15, 0.2) is 0 Å². The van der Waals surface area contributed by atoms with Gasteiger partial charge in [-0.15, -0.1) is 0 Å². The Bertz CT molecular complexity index is 910. The molecular formula is C18H22N3O7P. The number of nitrogens with zero attached hydrogens (tertiary/aromatic N) is 2. The molecule has 1 atom stereocenters. The van der Waals surface area contributed by atoms with Gasteiger partial charge in [-0.05, 0) is 50.5 Å². The van der Waals surface area contributed by atoms with Crippen LogP contribution >= 0.6 is 7.75 Å². The van der Waals surface area contributed by atoms with E-state index in [2.05, 4.69) is 5.09 Å². The first-order valence-electron chi connectivity index (χ1n) is 8.81. The van der Waals surface area contributed by atoms with E-state index >= 15 is 0 Å². The van der Waals surface area contributed by atoms with Gasteiger partial charge in [0.05, 0.1) is 9.85 Å². The molecule has 0 radical (unpaired) electrons. The van der Waals surface area contributed by atoms with E-state index in [-0.39, 0.29) is 17.5 Å². The van der Waals surface area contributed by atoms with Crippen molar-refractivity contribution in [2.45, 2.75) is 40.2 Å². The first kappa shape index (κ1) is 22.3. The van der Waals surface area contributed by atoms with Gasteiger partial charge in [0.25, 0.3) is 0 Å². The SMILES string of the molecule is CCC(C)NP(=O)(Oc1cc(C)ccc1[N+](=O)[O-])Oc1cc(C)ccc1[N+](=O)[O-]. The van der Waals surface area contributed by atoms with Crippen molar-refractivity contribution in [3.8, 4) is 11.5 Å². The van der Waals surface area contributed by atoms with Crippen molar-refractivity contribution in [2.75, 3.05) is 0 Å². The third-order valence-corrected chi connectivity index (χ3v) is 5.68. The molecule has 0 aliphatic rings. The minimum absolute atomic E-state index is 0.260. The second-order valence-corrected chi connectivity index (χ2v) is 8.19. The zero-order chi connectivity index (χ0) is 21.8. The quantitative estimate of drug-likeness (QED) is 0.335. The van der Waals surface area contributed by atoms with Gasteiger partial charge in [0.2, 0.25) is 11.5 Å². The Kier molecular flexibility index (Phi) is 6.94. The van der Waals surface area contributed by atoms with Crippen LogP contribution in [0.2, 0.25) is 0 Å². The van der Waals surface area contributed by atoms with Gasteiger partial charge in [0, 0.05) is 18.2 Å². The summed E-state index contributed by atoms with van der Waals surface area (Å²) in [7, 11) is -4.27. The number of hydrogen-bond acceptors (Lipinski definition) is 7.